The normalized spacial score (nSPS) is 11.4. The van der Waals surface area contributed by atoms with E-state index in [1.807, 2.05) is 37.3 Å². The summed E-state index contributed by atoms with van der Waals surface area (Å²) in [4.78, 5) is 29.4. The minimum Gasteiger partial charge on any atom is -0.338 e. The van der Waals surface area contributed by atoms with E-state index < -0.39 is 10.0 Å². The number of carbonyl (C=O) groups excluding carboxylic acids is 1. The molecule has 3 heterocycles. The number of sulfonamides is 1. The second-order valence-electron chi connectivity index (χ2n) is 7.31. The molecule has 0 radical (unpaired) electrons. The average molecular weight is 498 g/mol. The van der Waals surface area contributed by atoms with Crippen LogP contribution < -0.4 is 15.4 Å². The topological polar surface area (TPSA) is 139 Å². The lowest BCUT2D eigenvalue weighted by atomic mass is 10.0. The van der Waals surface area contributed by atoms with Crippen LogP contribution in [-0.2, 0) is 10.0 Å². The van der Waals surface area contributed by atoms with Crippen LogP contribution in [0.25, 0.3) is 32.6 Å². The fourth-order valence-electron chi connectivity index (χ4n) is 3.26. The number of thiazole rings is 1. The van der Waals surface area contributed by atoms with Crippen molar-refractivity contribution < 1.29 is 13.2 Å². The van der Waals surface area contributed by atoms with Crippen molar-refractivity contribution in [2.24, 2.45) is 0 Å². The Labute approximate surface area is 201 Å². The van der Waals surface area contributed by atoms with E-state index in [2.05, 4.69) is 35.3 Å². The first-order valence-electron chi connectivity index (χ1n) is 10.6. The number of urea groups is 1. The second-order valence-corrected chi connectivity index (χ2v) is 10.1. The number of hydrogen-bond donors (Lipinski definition) is 3. The molecule has 0 aliphatic carbocycles. The van der Waals surface area contributed by atoms with Gasteiger partial charge in [-0.25, -0.2) is 28.2 Å². The number of benzene rings is 1. The van der Waals surface area contributed by atoms with Gasteiger partial charge in [0.15, 0.2) is 5.13 Å². The number of amides is 2. The quantitative estimate of drug-likeness (QED) is 0.333. The zero-order valence-corrected chi connectivity index (χ0v) is 20.2. The molecule has 2 amide bonds. The number of nitrogens with zero attached hydrogens (tertiary/aromatic N) is 4. The number of pyridine rings is 1. The molecule has 4 aromatic rings. The van der Waals surface area contributed by atoms with E-state index in [4.69, 9.17) is 0 Å². The summed E-state index contributed by atoms with van der Waals surface area (Å²) in [6.45, 7) is 4.13. The van der Waals surface area contributed by atoms with Crippen molar-refractivity contribution in [1.29, 1.82) is 0 Å². The Morgan fingerprint density at radius 3 is 2.53 bits per heavy atom. The molecule has 0 atom stereocenters. The summed E-state index contributed by atoms with van der Waals surface area (Å²) in [7, 11) is -3.48. The lowest BCUT2D eigenvalue weighted by Crippen LogP contribution is -2.28. The first kappa shape index (κ1) is 23.5. The van der Waals surface area contributed by atoms with Gasteiger partial charge in [0.05, 0.1) is 21.7 Å². The van der Waals surface area contributed by atoms with Gasteiger partial charge in [-0.1, -0.05) is 24.3 Å². The number of nitrogens with one attached hydrogen (secondary N) is 3. The van der Waals surface area contributed by atoms with Gasteiger partial charge in [-0.2, -0.15) is 0 Å². The summed E-state index contributed by atoms with van der Waals surface area (Å²) in [5.74, 6) is 0.0175. The van der Waals surface area contributed by atoms with E-state index >= 15 is 0 Å². The largest absolute Gasteiger partial charge is 0.338 e. The highest BCUT2D eigenvalue weighted by atomic mass is 32.2. The molecular formula is C22H23N7O3S2. The Balaban J connectivity index is 1.73. The molecule has 3 aromatic heterocycles. The summed E-state index contributed by atoms with van der Waals surface area (Å²) in [6.07, 6.45) is 5.32. The predicted molar refractivity (Wildman–Crippen MR) is 134 cm³/mol. The molecular weight excluding hydrogens is 474 g/mol. The summed E-state index contributed by atoms with van der Waals surface area (Å²) >= 11 is 1.36. The van der Waals surface area contributed by atoms with E-state index in [0.29, 0.717) is 29.2 Å². The number of aromatic nitrogens is 4. The maximum Gasteiger partial charge on any atom is 0.321 e. The van der Waals surface area contributed by atoms with Gasteiger partial charge >= 0.3 is 6.03 Å². The van der Waals surface area contributed by atoms with Crippen LogP contribution in [0.2, 0.25) is 0 Å². The first-order chi connectivity index (χ1) is 16.4. The molecule has 3 N–H and O–H groups in total. The van der Waals surface area contributed by atoms with Crippen LogP contribution >= 0.6 is 11.3 Å². The summed E-state index contributed by atoms with van der Waals surface area (Å²) in [5.41, 5.74) is 3.76. The summed E-state index contributed by atoms with van der Waals surface area (Å²) < 4.78 is 27.2. The monoisotopic (exact) mass is 497 g/mol. The molecule has 12 heteroatoms. The van der Waals surface area contributed by atoms with Crippen molar-refractivity contribution in [3.8, 4) is 22.4 Å². The SMILES string of the molecule is CCCS(=O)(=O)Nc1ncc(-c2cc(-c3ccccn3)c3sc(NC(=O)NCC)nc3c2)cn1. The van der Waals surface area contributed by atoms with Crippen molar-refractivity contribution in [1.82, 2.24) is 25.3 Å². The molecule has 0 unspecified atom stereocenters. The lowest BCUT2D eigenvalue weighted by molar-refractivity contribution is 0.252. The van der Waals surface area contributed by atoms with Gasteiger partial charge in [0.1, 0.15) is 0 Å². The molecule has 0 saturated carbocycles. The van der Waals surface area contributed by atoms with Crippen LogP contribution in [0.15, 0.2) is 48.9 Å². The highest BCUT2D eigenvalue weighted by Crippen LogP contribution is 2.38. The van der Waals surface area contributed by atoms with Gasteiger partial charge in [-0.05, 0) is 43.2 Å². The fraction of sp³-hybridized carbons (Fsp3) is 0.227. The van der Waals surface area contributed by atoms with E-state index in [1.54, 1.807) is 25.5 Å². The zero-order valence-electron chi connectivity index (χ0n) is 18.6. The second kappa shape index (κ2) is 10.1. The van der Waals surface area contributed by atoms with Gasteiger partial charge in [0.25, 0.3) is 0 Å². The predicted octanol–water partition coefficient (Wildman–Crippen LogP) is 4.11. The van der Waals surface area contributed by atoms with Crippen LogP contribution in [0, 0.1) is 0 Å². The Bertz CT molecular complexity index is 1410. The zero-order chi connectivity index (χ0) is 24.1. The number of rotatable bonds is 8. The third-order valence-electron chi connectivity index (χ3n) is 4.69. The molecule has 34 heavy (non-hydrogen) atoms. The van der Waals surface area contributed by atoms with Crippen LogP contribution in [0.5, 0.6) is 0 Å². The minimum absolute atomic E-state index is 0.00130. The van der Waals surface area contributed by atoms with Crippen LogP contribution in [0.1, 0.15) is 20.3 Å². The minimum atomic E-state index is -3.48. The lowest BCUT2D eigenvalue weighted by Gasteiger charge is -2.08. The molecule has 0 fully saturated rings. The van der Waals surface area contributed by atoms with E-state index in [9.17, 15) is 13.2 Å². The van der Waals surface area contributed by atoms with Crippen molar-refractivity contribution >= 4 is 48.7 Å². The van der Waals surface area contributed by atoms with Gasteiger partial charge in [0, 0.05) is 36.3 Å². The third-order valence-corrected chi connectivity index (χ3v) is 7.15. The van der Waals surface area contributed by atoms with E-state index in [0.717, 1.165) is 21.5 Å². The van der Waals surface area contributed by atoms with E-state index in [1.165, 1.54) is 11.3 Å². The molecule has 1 aromatic carbocycles. The molecule has 4 rings (SSSR count). The molecule has 0 spiro atoms. The third kappa shape index (κ3) is 5.46. The number of anilines is 2. The van der Waals surface area contributed by atoms with Gasteiger partial charge in [-0.3, -0.25) is 15.0 Å². The highest BCUT2D eigenvalue weighted by Gasteiger charge is 2.16. The van der Waals surface area contributed by atoms with Gasteiger partial charge < -0.3 is 5.32 Å². The molecule has 0 bridgehead atoms. The summed E-state index contributed by atoms with van der Waals surface area (Å²) in [6, 6.07) is 9.15. The van der Waals surface area contributed by atoms with Gasteiger partial charge in [-0.15, -0.1) is 0 Å². The van der Waals surface area contributed by atoms with Crippen molar-refractivity contribution in [2.45, 2.75) is 20.3 Å². The van der Waals surface area contributed by atoms with Gasteiger partial charge in [0.2, 0.25) is 16.0 Å². The van der Waals surface area contributed by atoms with Crippen molar-refractivity contribution in [3.05, 3.63) is 48.9 Å². The maximum absolute atomic E-state index is 12.0. The molecule has 0 saturated heterocycles. The Kier molecular flexibility index (Phi) is 6.98. The smallest absolute Gasteiger partial charge is 0.321 e. The molecule has 176 valence electrons. The molecule has 0 aliphatic rings. The van der Waals surface area contributed by atoms with Crippen molar-refractivity contribution in [3.63, 3.8) is 0 Å². The Morgan fingerprint density at radius 1 is 1.06 bits per heavy atom. The average Bonchev–Trinajstić information content (AvgIpc) is 3.21. The number of carbonyl (C=O) groups is 1. The Hall–Kier alpha value is -3.64. The first-order valence-corrected chi connectivity index (χ1v) is 13.1. The fourth-order valence-corrected chi connectivity index (χ4v) is 5.24. The number of fused-ring (bicyclic) bond motifs is 1. The van der Waals surface area contributed by atoms with Crippen LogP contribution in [0.4, 0.5) is 15.9 Å². The van der Waals surface area contributed by atoms with Crippen LogP contribution in [-0.4, -0.2) is 46.7 Å². The Morgan fingerprint density at radius 2 is 1.85 bits per heavy atom. The molecule has 10 nitrogen and oxygen atoms in total. The van der Waals surface area contributed by atoms with E-state index in [-0.39, 0.29) is 17.7 Å². The number of hydrogen-bond acceptors (Lipinski definition) is 8. The maximum atomic E-state index is 12.0. The van der Waals surface area contributed by atoms with Crippen LogP contribution in [0.3, 0.4) is 0 Å². The van der Waals surface area contributed by atoms with Crippen molar-refractivity contribution in [2.75, 3.05) is 22.3 Å². The standard InChI is InChI=1S/C22H23N7O3S2/c1-3-9-34(31,32)29-20-25-12-15(13-26-20)14-10-16(17-7-5-6-8-24-17)19-18(11-14)27-22(33-19)28-21(30)23-4-2/h5-8,10-13H,3-4,9H2,1-2H3,(H,25,26,29)(H2,23,27,28,30). The molecule has 0 aliphatic heterocycles. The highest BCUT2D eigenvalue weighted by molar-refractivity contribution is 7.92. The summed E-state index contributed by atoms with van der Waals surface area (Å²) in [5, 5.41) is 5.91.